The molecule has 0 aliphatic heterocycles. The number of halogens is 1. The molecule has 0 amide bonds. The molecule has 1 N–H and O–H groups in total. The summed E-state index contributed by atoms with van der Waals surface area (Å²) in [6.07, 6.45) is 4.69. The number of para-hydroxylation sites is 1. The maximum absolute atomic E-state index is 6.12. The van der Waals surface area contributed by atoms with Gasteiger partial charge in [0.15, 0.2) is 0 Å². The number of benzene rings is 1. The Morgan fingerprint density at radius 3 is 3.00 bits per heavy atom. The number of ether oxygens (including phenoxy) is 1. The highest BCUT2D eigenvalue weighted by molar-refractivity contribution is 6.33. The normalized spacial score (nSPS) is 10.6. The molecule has 0 unspecified atom stereocenters. The smallest absolute Gasteiger partial charge is 0.207 e. The van der Waals surface area contributed by atoms with Crippen molar-refractivity contribution in [2.45, 2.75) is 19.9 Å². The molecule has 1 aromatic carbocycles. The molecule has 5 heteroatoms. The summed E-state index contributed by atoms with van der Waals surface area (Å²) in [6.45, 7) is 4.39. The van der Waals surface area contributed by atoms with Crippen LogP contribution in [0.25, 0.3) is 0 Å². The molecule has 2 aromatic rings. The van der Waals surface area contributed by atoms with Crippen molar-refractivity contribution in [3.05, 3.63) is 41.7 Å². The van der Waals surface area contributed by atoms with Crippen LogP contribution < -0.4 is 5.32 Å². The fraction of sp³-hybridized carbons (Fsp3) is 0.357. The number of nitrogens with zero attached hydrogens (tertiary/aromatic N) is 2. The van der Waals surface area contributed by atoms with Crippen molar-refractivity contribution < 1.29 is 4.74 Å². The Hall–Kier alpha value is -1.52. The number of aromatic nitrogens is 2. The van der Waals surface area contributed by atoms with Gasteiger partial charge in [0, 0.05) is 32.2 Å². The zero-order valence-corrected chi connectivity index (χ0v) is 11.7. The first-order valence-corrected chi connectivity index (χ1v) is 6.79. The largest absolute Gasteiger partial charge is 0.382 e. The van der Waals surface area contributed by atoms with Crippen LogP contribution in [0.3, 0.4) is 0 Å². The summed E-state index contributed by atoms with van der Waals surface area (Å²) in [5, 5.41) is 3.93. The van der Waals surface area contributed by atoms with Crippen LogP contribution in [-0.2, 0) is 11.3 Å². The molecule has 0 aliphatic carbocycles. The van der Waals surface area contributed by atoms with Gasteiger partial charge in [0.1, 0.15) is 0 Å². The molecule has 0 radical (unpaired) electrons. The minimum absolute atomic E-state index is 0.686. The number of nitrogens with one attached hydrogen (secondary N) is 1. The van der Waals surface area contributed by atoms with E-state index in [-0.39, 0.29) is 0 Å². The van der Waals surface area contributed by atoms with Crippen molar-refractivity contribution in [1.29, 1.82) is 0 Å². The minimum Gasteiger partial charge on any atom is -0.382 e. The van der Waals surface area contributed by atoms with Crippen molar-refractivity contribution in [2.24, 2.45) is 0 Å². The van der Waals surface area contributed by atoms with Gasteiger partial charge in [-0.1, -0.05) is 23.7 Å². The van der Waals surface area contributed by atoms with Gasteiger partial charge in [0.25, 0.3) is 0 Å². The number of imidazole rings is 1. The van der Waals surface area contributed by atoms with E-state index in [1.54, 1.807) is 6.20 Å². The fourth-order valence-corrected chi connectivity index (χ4v) is 1.96. The van der Waals surface area contributed by atoms with Gasteiger partial charge in [-0.2, -0.15) is 0 Å². The first-order chi connectivity index (χ1) is 9.31. The summed E-state index contributed by atoms with van der Waals surface area (Å²) in [7, 11) is 0. The van der Waals surface area contributed by atoms with E-state index in [1.165, 1.54) is 0 Å². The van der Waals surface area contributed by atoms with E-state index in [1.807, 2.05) is 37.4 Å². The van der Waals surface area contributed by atoms with E-state index < -0.39 is 0 Å². The van der Waals surface area contributed by atoms with Gasteiger partial charge in [-0.05, 0) is 25.5 Å². The van der Waals surface area contributed by atoms with Gasteiger partial charge in [-0.3, -0.25) is 0 Å². The Morgan fingerprint density at radius 2 is 2.21 bits per heavy atom. The molecule has 2 rings (SSSR count). The molecule has 1 aromatic heterocycles. The molecule has 0 saturated heterocycles. The van der Waals surface area contributed by atoms with Crippen LogP contribution in [0.15, 0.2) is 36.7 Å². The molecular formula is C14H18ClN3O. The van der Waals surface area contributed by atoms with Gasteiger partial charge in [0.2, 0.25) is 5.95 Å². The van der Waals surface area contributed by atoms with Crippen LogP contribution in [0.1, 0.15) is 13.3 Å². The van der Waals surface area contributed by atoms with E-state index in [0.717, 1.165) is 37.8 Å². The zero-order chi connectivity index (χ0) is 13.5. The average molecular weight is 280 g/mol. The van der Waals surface area contributed by atoms with Gasteiger partial charge in [-0.25, -0.2) is 4.98 Å². The second-order valence-electron chi connectivity index (χ2n) is 4.10. The van der Waals surface area contributed by atoms with Crippen LogP contribution >= 0.6 is 11.6 Å². The fourth-order valence-electron chi connectivity index (χ4n) is 1.78. The maximum atomic E-state index is 6.12. The van der Waals surface area contributed by atoms with E-state index in [9.17, 15) is 0 Å². The lowest BCUT2D eigenvalue weighted by Gasteiger charge is -2.10. The third-order valence-corrected chi connectivity index (χ3v) is 3.06. The van der Waals surface area contributed by atoms with E-state index in [0.29, 0.717) is 5.02 Å². The van der Waals surface area contributed by atoms with Crippen molar-refractivity contribution >= 4 is 23.2 Å². The zero-order valence-electron chi connectivity index (χ0n) is 11.0. The van der Waals surface area contributed by atoms with Crippen molar-refractivity contribution in [3.63, 3.8) is 0 Å². The molecule has 4 nitrogen and oxygen atoms in total. The summed E-state index contributed by atoms with van der Waals surface area (Å²) in [5.41, 5.74) is 0.862. The average Bonchev–Trinajstić information content (AvgIpc) is 2.85. The SMILES string of the molecule is CCOCCCn1ccnc1Nc1ccccc1Cl. The third-order valence-electron chi connectivity index (χ3n) is 2.73. The summed E-state index contributed by atoms with van der Waals surface area (Å²) in [6, 6.07) is 7.63. The highest BCUT2D eigenvalue weighted by Crippen LogP contribution is 2.23. The summed E-state index contributed by atoms with van der Waals surface area (Å²) in [5.74, 6) is 0.796. The van der Waals surface area contributed by atoms with Crippen LogP contribution in [-0.4, -0.2) is 22.8 Å². The number of hydrogen-bond acceptors (Lipinski definition) is 3. The Bertz CT molecular complexity index is 513. The number of hydrogen-bond donors (Lipinski definition) is 1. The third kappa shape index (κ3) is 3.98. The second kappa shape index (κ2) is 7.16. The predicted octanol–water partition coefficient (Wildman–Crippen LogP) is 3.71. The van der Waals surface area contributed by atoms with Crippen molar-refractivity contribution in [2.75, 3.05) is 18.5 Å². The monoisotopic (exact) mass is 279 g/mol. The Morgan fingerprint density at radius 1 is 1.37 bits per heavy atom. The molecule has 0 saturated carbocycles. The maximum Gasteiger partial charge on any atom is 0.207 e. The lowest BCUT2D eigenvalue weighted by molar-refractivity contribution is 0.142. The van der Waals surface area contributed by atoms with E-state index in [2.05, 4.69) is 14.9 Å². The molecule has 1 heterocycles. The molecule has 0 atom stereocenters. The van der Waals surface area contributed by atoms with Gasteiger partial charge in [0.05, 0.1) is 10.7 Å². The minimum atomic E-state index is 0.686. The summed E-state index contributed by atoms with van der Waals surface area (Å²) < 4.78 is 7.39. The Balaban J connectivity index is 1.98. The first-order valence-electron chi connectivity index (χ1n) is 6.41. The number of aryl methyl sites for hydroxylation is 1. The summed E-state index contributed by atoms with van der Waals surface area (Å²) in [4.78, 5) is 4.30. The Kier molecular flexibility index (Phi) is 5.24. The molecule has 0 aliphatic rings. The number of anilines is 2. The lowest BCUT2D eigenvalue weighted by atomic mass is 10.3. The molecule has 19 heavy (non-hydrogen) atoms. The van der Waals surface area contributed by atoms with Crippen molar-refractivity contribution in [3.8, 4) is 0 Å². The molecule has 0 bridgehead atoms. The van der Waals surface area contributed by atoms with Gasteiger partial charge in [-0.15, -0.1) is 0 Å². The topological polar surface area (TPSA) is 39.1 Å². The van der Waals surface area contributed by atoms with Gasteiger partial charge < -0.3 is 14.6 Å². The molecule has 102 valence electrons. The molecule has 0 spiro atoms. The van der Waals surface area contributed by atoms with Gasteiger partial charge >= 0.3 is 0 Å². The molecular weight excluding hydrogens is 262 g/mol. The standard InChI is InChI=1S/C14H18ClN3O/c1-2-19-11-5-9-18-10-8-16-14(18)17-13-7-4-3-6-12(13)15/h3-4,6-8,10H,2,5,9,11H2,1H3,(H,16,17). The quantitative estimate of drug-likeness (QED) is 0.786. The lowest BCUT2D eigenvalue weighted by Crippen LogP contribution is -2.06. The van der Waals surface area contributed by atoms with Crippen molar-refractivity contribution in [1.82, 2.24) is 9.55 Å². The van der Waals surface area contributed by atoms with Crippen LogP contribution in [0.2, 0.25) is 5.02 Å². The second-order valence-corrected chi connectivity index (χ2v) is 4.51. The van der Waals surface area contributed by atoms with Crippen LogP contribution in [0.5, 0.6) is 0 Å². The first kappa shape index (κ1) is 13.9. The van der Waals surface area contributed by atoms with E-state index >= 15 is 0 Å². The Labute approximate surface area is 118 Å². The summed E-state index contributed by atoms with van der Waals surface area (Å²) >= 11 is 6.12. The van der Waals surface area contributed by atoms with Crippen LogP contribution in [0, 0.1) is 0 Å². The number of rotatable bonds is 7. The van der Waals surface area contributed by atoms with E-state index in [4.69, 9.17) is 16.3 Å². The van der Waals surface area contributed by atoms with Crippen LogP contribution in [0.4, 0.5) is 11.6 Å². The molecule has 0 fully saturated rings. The highest BCUT2D eigenvalue weighted by Gasteiger charge is 2.05. The predicted molar refractivity (Wildman–Crippen MR) is 78.1 cm³/mol. The highest BCUT2D eigenvalue weighted by atomic mass is 35.5.